The number of benzene rings is 1. The van der Waals surface area contributed by atoms with Gasteiger partial charge >= 0.3 is 0 Å². The Bertz CT molecular complexity index is 384. The van der Waals surface area contributed by atoms with Crippen LogP contribution in [0.3, 0.4) is 0 Å². The molecule has 4 heteroatoms. The molecule has 0 saturated carbocycles. The Balaban J connectivity index is 2.55. The lowest BCUT2D eigenvalue weighted by Crippen LogP contribution is -2.43. The smallest absolute Gasteiger partial charge is 0.127 e. The molecule has 0 aliphatic rings. The molecule has 0 fully saturated rings. The number of hydrogen-bond donors (Lipinski definition) is 1. The summed E-state index contributed by atoms with van der Waals surface area (Å²) in [6.45, 7) is 7.41. The van der Waals surface area contributed by atoms with Crippen LogP contribution < -0.4 is 5.32 Å². The molecule has 0 aromatic heterocycles. The summed E-state index contributed by atoms with van der Waals surface area (Å²) in [4.78, 5) is 2.13. The van der Waals surface area contributed by atoms with E-state index in [-0.39, 0.29) is 11.9 Å². The van der Waals surface area contributed by atoms with Crippen molar-refractivity contribution in [3.8, 4) is 0 Å². The van der Waals surface area contributed by atoms with Crippen LogP contribution in [0.2, 0.25) is 0 Å². The SMILES string of the molecule is COCC(CNCC(C)C)N(C)Cc1ccccc1F. The average molecular weight is 282 g/mol. The van der Waals surface area contributed by atoms with E-state index in [4.69, 9.17) is 4.74 Å². The van der Waals surface area contributed by atoms with E-state index in [1.165, 1.54) is 6.07 Å². The standard InChI is InChI=1S/C16H27FN2O/c1-13(2)9-18-10-15(12-20-4)19(3)11-14-7-5-6-8-16(14)17/h5-8,13,15,18H,9-12H2,1-4H3. The number of nitrogens with zero attached hydrogens (tertiary/aromatic N) is 1. The Morgan fingerprint density at radius 1 is 1.25 bits per heavy atom. The number of nitrogens with one attached hydrogen (secondary N) is 1. The number of hydrogen-bond acceptors (Lipinski definition) is 3. The van der Waals surface area contributed by atoms with Crippen molar-refractivity contribution in [3.63, 3.8) is 0 Å². The first-order chi connectivity index (χ1) is 9.54. The maximum atomic E-state index is 13.7. The fourth-order valence-electron chi connectivity index (χ4n) is 2.10. The minimum atomic E-state index is -0.148. The van der Waals surface area contributed by atoms with E-state index >= 15 is 0 Å². The second kappa shape index (κ2) is 9.06. The zero-order chi connectivity index (χ0) is 15.0. The first-order valence-electron chi connectivity index (χ1n) is 7.18. The van der Waals surface area contributed by atoms with Crippen molar-refractivity contribution in [2.45, 2.75) is 26.4 Å². The van der Waals surface area contributed by atoms with Gasteiger partial charge in [-0.15, -0.1) is 0 Å². The molecular weight excluding hydrogens is 255 g/mol. The van der Waals surface area contributed by atoms with Crippen molar-refractivity contribution in [2.75, 3.05) is 33.9 Å². The van der Waals surface area contributed by atoms with E-state index in [0.29, 0.717) is 19.1 Å². The summed E-state index contributed by atoms with van der Waals surface area (Å²) < 4.78 is 19.0. The predicted octanol–water partition coefficient (Wildman–Crippen LogP) is 2.52. The van der Waals surface area contributed by atoms with Crippen LogP contribution in [-0.4, -0.2) is 44.8 Å². The quantitative estimate of drug-likeness (QED) is 0.753. The van der Waals surface area contributed by atoms with E-state index in [2.05, 4.69) is 24.1 Å². The summed E-state index contributed by atoms with van der Waals surface area (Å²) in [6, 6.07) is 7.16. The molecule has 0 bridgehead atoms. The number of ether oxygens (including phenoxy) is 1. The van der Waals surface area contributed by atoms with Crippen LogP contribution in [0.15, 0.2) is 24.3 Å². The molecule has 20 heavy (non-hydrogen) atoms. The summed E-state index contributed by atoms with van der Waals surface area (Å²) in [5.41, 5.74) is 0.722. The third kappa shape index (κ3) is 5.99. The van der Waals surface area contributed by atoms with E-state index in [1.807, 2.05) is 19.2 Å². The van der Waals surface area contributed by atoms with E-state index in [1.54, 1.807) is 13.2 Å². The molecule has 0 aliphatic heterocycles. The van der Waals surface area contributed by atoms with Gasteiger partial charge in [-0.05, 0) is 25.6 Å². The second-order valence-electron chi connectivity index (χ2n) is 5.67. The maximum absolute atomic E-state index is 13.7. The Morgan fingerprint density at radius 3 is 2.55 bits per heavy atom. The maximum Gasteiger partial charge on any atom is 0.127 e. The topological polar surface area (TPSA) is 24.5 Å². The third-order valence-corrected chi connectivity index (χ3v) is 3.29. The first kappa shape index (κ1) is 17.1. The van der Waals surface area contributed by atoms with Gasteiger partial charge in [0, 0.05) is 31.8 Å². The summed E-state index contributed by atoms with van der Waals surface area (Å²) >= 11 is 0. The lowest BCUT2D eigenvalue weighted by atomic mass is 10.1. The molecule has 0 spiro atoms. The van der Waals surface area contributed by atoms with E-state index < -0.39 is 0 Å². The lowest BCUT2D eigenvalue weighted by Gasteiger charge is -2.28. The van der Waals surface area contributed by atoms with Gasteiger partial charge in [-0.25, -0.2) is 4.39 Å². The largest absolute Gasteiger partial charge is 0.383 e. The van der Waals surface area contributed by atoms with Crippen molar-refractivity contribution in [3.05, 3.63) is 35.6 Å². The molecule has 0 aliphatic carbocycles. The van der Waals surface area contributed by atoms with Gasteiger partial charge in [-0.2, -0.15) is 0 Å². The highest BCUT2D eigenvalue weighted by molar-refractivity contribution is 5.17. The van der Waals surface area contributed by atoms with Crippen molar-refractivity contribution >= 4 is 0 Å². The fourth-order valence-corrected chi connectivity index (χ4v) is 2.10. The molecule has 1 aromatic carbocycles. The summed E-state index contributed by atoms with van der Waals surface area (Å²) in [6.07, 6.45) is 0. The van der Waals surface area contributed by atoms with Crippen molar-refractivity contribution in [1.29, 1.82) is 0 Å². The Kier molecular flexibility index (Phi) is 7.73. The van der Waals surface area contributed by atoms with Gasteiger partial charge in [0.05, 0.1) is 6.61 Å². The van der Waals surface area contributed by atoms with Crippen LogP contribution in [0.1, 0.15) is 19.4 Å². The first-order valence-corrected chi connectivity index (χ1v) is 7.18. The van der Waals surface area contributed by atoms with Crippen LogP contribution in [0.5, 0.6) is 0 Å². The molecule has 0 heterocycles. The van der Waals surface area contributed by atoms with Crippen LogP contribution in [0.4, 0.5) is 4.39 Å². The zero-order valence-corrected chi connectivity index (χ0v) is 13.0. The number of halogens is 1. The summed E-state index contributed by atoms with van der Waals surface area (Å²) in [5, 5.41) is 3.44. The monoisotopic (exact) mass is 282 g/mol. The van der Waals surface area contributed by atoms with Gasteiger partial charge in [0.1, 0.15) is 5.82 Å². The molecule has 1 N–H and O–H groups in total. The Labute approximate surface area is 122 Å². The number of rotatable bonds is 9. The van der Waals surface area contributed by atoms with Crippen LogP contribution >= 0.6 is 0 Å². The van der Waals surface area contributed by atoms with Crippen molar-refractivity contribution in [2.24, 2.45) is 5.92 Å². The molecule has 0 amide bonds. The van der Waals surface area contributed by atoms with E-state index in [0.717, 1.165) is 18.7 Å². The van der Waals surface area contributed by atoms with Gasteiger partial charge in [-0.3, -0.25) is 4.90 Å². The molecule has 1 unspecified atom stereocenters. The molecule has 114 valence electrons. The second-order valence-corrected chi connectivity index (χ2v) is 5.67. The summed E-state index contributed by atoms with van der Waals surface area (Å²) in [7, 11) is 3.71. The Morgan fingerprint density at radius 2 is 1.95 bits per heavy atom. The van der Waals surface area contributed by atoms with E-state index in [9.17, 15) is 4.39 Å². The minimum absolute atomic E-state index is 0.148. The highest BCUT2D eigenvalue weighted by Crippen LogP contribution is 2.11. The van der Waals surface area contributed by atoms with Gasteiger partial charge in [0.2, 0.25) is 0 Å². The van der Waals surface area contributed by atoms with Gasteiger partial charge < -0.3 is 10.1 Å². The van der Waals surface area contributed by atoms with Crippen LogP contribution in [-0.2, 0) is 11.3 Å². The lowest BCUT2D eigenvalue weighted by molar-refractivity contribution is 0.100. The number of likely N-dealkylation sites (N-methyl/N-ethyl adjacent to an activating group) is 1. The Hall–Kier alpha value is -0.970. The molecule has 3 nitrogen and oxygen atoms in total. The van der Waals surface area contributed by atoms with Gasteiger partial charge in [0.25, 0.3) is 0 Å². The highest BCUT2D eigenvalue weighted by atomic mass is 19.1. The molecule has 1 rings (SSSR count). The highest BCUT2D eigenvalue weighted by Gasteiger charge is 2.16. The normalized spacial score (nSPS) is 13.2. The summed E-state index contributed by atoms with van der Waals surface area (Å²) in [5.74, 6) is 0.473. The molecule has 0 saturated heterocycles. The van der Waals surface area contributed by atoms with Crippen LogP contribution in [0, 0.1) is 11.7 Å². The number of methoxy groups -OCH3 is 1. The van der Waals surface area contributed by atoms with Gasteiger partial charge in [0.15, 0.2) is 0 Å². The fraction of sp³-hybridized carbons (Fsp3) is 0.625. The molecule has 1 atom stereocenters. The zero-order valence-electron chi connectivity index (χ0n) is 13.0. The van der Waals surface area contributed by atoms with Gasteiger partial charge in [-0.1, -0.05) is 32.0 Å². The average Bonchev–Trinajstić information content (AvgIpc) is 2.40. The van der Waals surface area contributed by atoms with Crippen molar-refractivity contribution in [1.82, 2.24) is 10.2 Å². The molecule has 0 radical (unpaired) electrons. The van der Waals surface area contributed by atoms with Crippen LogP contribution in [0.25, 0.3) is 0 Å². The molecule has 1 aromatic rings. The molecular formula is C16H27FN2O. The minimum Gasteiger partial charge on any atom is -0.383 e. The third-order valence-electron chi connectivity index (χ3n) is 3.29. The predicted molar refractivity (Wildman–Crippen MR) is 81.2 cm³/mol. The van der Waals surface area contributed by atoms with Crippen molar-refractivity contribution < 1.29 is 9.13 Å².